The van der Waals surface area contributed by atoms with Crippen LogP contribution in [-0.4, -0.2) is 29.5 Å². The fourth-order valence-corrected chi connectivity index (χ4v) is 2.86. The highest BCUT2D eigenvalue weighted by Gasteiger charge is 2.25. The molecule has 2 aromatic carbocycles. The van der Waals surface area contributed by atoms with Gasteiger partial charge in [0, 0.05) is 16.1 Å². The van der Waals surface area contributed by atoms with Crippen LogP contribution in [0.1, 0.15) is 15.9 Å². The number of hydrogen-bond acceptors (Lipinski definition) is 6. The lowest BCUT2D eigenvalue weighted by Crippen LogP contribution is -2.19. The second-order valence-corrected chi connectivity index (χ2v) is 6.19. The van der Waals surface area contributed by atoms with Crippen molar-refractivity contribution in [2.45, 2.75) is 0 Å². The number of halogens is 1. The highest BCUT2D eigenvalue weighted by atomic mass is 79.9. The number of aromatic hydroxyl groups is 1. The van der Waals surface area contributed by atoms with Crippen LogP contribution >= 0.6 is 15.9 Å². The SMILES string of the molecule is COc1cc(/C=C2\COc3ccc(Br)cc3C2=O)cc([N+](=O)[O-])c1O. The Bertz CT molecular complexity index is 922. The van der Waals surface area contributed by atoms with Crippen molar-refractivity contribution in [2.75, 3.05) is 13.7 Å². The first-order valence-corrected chi connectivity index (χ1v) is 7.93. The minimum Gasteiger partial charge on any atom is -0.500 e. The van der Waals surface area contributed by atoms with Gasteiger partial charge in [-0.15, -0.1) is 0 Å². The van der Waals surface area contributed by atoms with Gasteiger partial charge in [0.25, 0.3) is 0 Å². The van der Waals surface area contributed by atoms with E-state index in [1.807, 2.05) is 0 Å². The highest BCUT2D eigenvalue weighted by Crippen LogP contribution is 2.38. The van der Waals surface area contributed by atoms with Crippen LogP contribution < -0.4 is 9.47 Å². The van der Waals surface area contributed by atoms with Crippen LogP contribution in [0.25, 0.3) is 6.08 Å². The first-order chi connectivity index (χ1) is 11.9. The fourth-order valence-electron chi connectivity index (χ4n) is 2.50. The summed E-state index contributed by atoms with van der Waals surface area (Å²) in [5.41, 5.74) is 0.602. The summed E-state index contributed by atoms with van der Waals surface area (Å²) in [6.45, 7) is 0.0461. The molecule has 0 bridgehead atoms. The van der Waals surface area contributed by atoms with Crippen molar-refractivity contribution in [3.8, 4) is 17.2 Å². The Morgan fingerprint density at radius 2 is 2.12 bits per heavy atom. The number of phenols is 1. The fraction of sp³-hybridized carbons (Fsp3) is 0.118. The second-order valence-electron chi connectivity index (χ2n) is 5.28. The van der Waals surface area contributed by atoms with Gasteiger partial charge in [-0.3, -0.25) is 14.9 Å². The van der Waals surface area contributed by atoms with E-state index >= 15 is 0 Å². The number of carbonyl (C=O) groups excluding carboxylic acids is 1. The number of fused-ring (bicyclic) bond motifs is 1. The molecular weight excluding hydrogens is 394 g/mol. The minimum absolute atomic E-state index is 0.0461. The third-order valence-electron chi connectivity index (χ3n) is 3.70. The molecule has 0 radical (unpaired) electrons. The van der Waals surface area contributed by atoms with Crippen molar-refractivity contribution in [3.05, 3.63) is 61.6 Å². The van der Waals surface area contributed by atoms with Crippen molar-refractivity contribution in [1.29, 1.82) is 0 Å². The van der Waals surface area contributed by atoms with Crippen molar-refractivity contribution >= 4 is 33.5 Å². The van der Waals surface area contributed by atoms with E-state index < -0.39 is 16.4 Å². The van der Waals surface area contributed by atoms with Crippen LogP contribution in [0, 0.1) is 10.1 Å². The van der Waals surface area contributed by atoms with Gasteiger partial charge in [0.2, 0.25) is 5.75 Å². The number of ketones is 1. The monoisotopic (exact) mass is 405 g/mol. The molecule has 0 saturated heterocycles. The predicted molar refractivity (Wildman–Crippen MR) is 93.3 cm³/mol. The van der Waals surface area contributed by atoms with E-state index in [0.717, 1.165) is 4.47 Å². The van der Waals surface area contributed by atoms with Gasteiger partial charge in [-0.05, 0) is 35.9 Å². The number of methoxy groups -OCH3 is 1. The molecule has 0 saturated carbocycles. The number of Topliss-reactive ketones (excluding diaryl/α,β-unsaturated/α-hetero) is 1. The van der Waals surface area contributed by atoms with Gasteiger partial charge in [-0.2, -0.15) is 0 Å². The molecule has 0 amide bonds. The third-order valence-corrected chi connectivity index (χ3v) is 4.19. The van der Waals surface area contributed by atoms with E-state index in [-0.39, 0.29) is 18.1 Å². The van der Waals surface area contributed by atoms with Crippen molar-refractivity contribution in [3.63, 3.8) is 0 Å². The number of rotatable bonds is 3. The van der Waals surface area contributed by atoms with E-state index in [1.165, 1.54) is 25.3 Å². The Morgan fingerprint density at radius 1 is 1.36 bits per heavy atom. The summed E-state index contributed by atoms with van der Waals surface area (Å²) in [4.78, 5) is 23.0. The maximum absolute atomic E-state index is 12.6. The first-order valence-electron chi connectivity index (χ1n) is 7.13. The van der Waals surface area contributed by atoms with E-state index in [0.29, 0.717) is 22.4 Å². The molecule has 7 nitrogen and oxygen atoms in total. The number of carbonyl (C=O) groups is 1. The molecule has 1 N–H and O–H groups in total. The van der Waals surface area contributed by atoms with Crippen LogP contribution in [0.2, 0.25) is 0 Å². The Kier molecular flexibility index (Phi) is 4.45. The Hall–Kier alpha value is -2.87. The van der Waals surface area contributed by atoms with Crippen molar-refractivity contribution in [1.82, 2.24) is 0 Å². The average Bonchev–Trinajstić information content (AvgIpc) is 2.58. The number of benzene rings is 2. The molecule has 0 unspecified atom stereocenters. The molecule has 8 heteroatoms. The lowest BCUT2D eigenvalue weighted by molar-refractivity contribution is -0.386. The summed E-state index contributed by atoms with van der Waals surface area (Å²) in [5, 5.41) is 20.9. The molecule has 128 valence electrons. The summed E-state index contributed by atoms with van der Waals surface area (Å²) < 4.78 is 11.3. The molecule has 3 rings (SSSR count). The number of ether oxygens (including phenoxy) is 2. The van der Waals surface area contributed by atoms with Gasteiger partial charge in [-0.25, -0.2) is 0 Å². The number of nitrogens with zero attached hydrogens (tertiary/aromatic N) is 1. The molecule has 1 aliphatic rings. The van der Waals surface area contributed by atoms with Crippen LogP contribution in [-0.2, 0) is 0 Å². The topological polar surface area (TPSA) is 98.9 Å². The maximum Gasteiger partial charge on any atom is 0.315 e. The van der Waals surface area contributed by atoms with Crippen LogP contribution in [0.15, 0.2) is 40.4 Å². The standard InChI is InChI=1S/C17H12BrNO6/c1-24-15-6-9(5-13(17(15)21)19(22)23)4-10-8-25-14-3-2-11(18)7-12(14)16(10)20/h2-7,21H,8H2,1H3/b10-4+. The molecule has 2 aromatic rings. The molecule has 1 aliphatic heterocycles. The number of nitro benzene ring substituents is 1. The molecular formula is C17H12BrNO6. The summed E-state index contributed by atoms with van der Waals surface area (Å²) in [6.07, 6.45) is 1.49. The van der Waals surface area contributed by atoms with Gasteiger partial charge < -0.3 is 14.6 Å². The largest absolute Gasteiger partial charge is 0.500 e. The molecule has 25 heavy (non-hydrogen) atoms. The van der Waals surface area contributed by atoms with Gasteiger partial charge in [-0.1, -0.05) is 15.9 Å². The summed E-state index contributed by atoms with van der Waals surface area (Å²) >= 11 is 3.31. The first kappa shape index (κ1) is 17.0. The normalized spacial score (nSPS) is 14.8. The summed E-state index contributed by atoms with van der Waals surface area (Å²) in [6, 6.07) is 7.72. The van der Waals surface area contributed by atoms with Gasteiger partial charge in [0.15, 0.2) is 11.5 Å². The molecule has 0 fully saturated rings. The molecule has 1 heterocycles. The second kappa shape index (κ2) is 6.56. The van der Waals surface area contributed by atoms with E-state index in [4.69, 9.17) is 9.47 Å². The smallest absolute Gasteiger partial charge is 0.315 e. The number of hydrogen-bond donors (Lipinski definition) is 1. The zero-order chi connectivity index (χ0) is 18.1. The lowest BCUT2D eigenvalue weighted by atomic mass is 9.98. The van der Waals surface area contributed by atoms with Crippen LogP contribution in [0.3, 0.4) is 0 Å². The van der Waals surface area contributed by atoms with Gasteiger partial charge in [0.1, 0.15) is 12.4 Å². The van der Waals surface area contributed by atoms with Crippen LogP contribution in [0.4, 0.5) is 5.69 Å². The van der Waals surface area contributed by atoms with Crippen molar-refractivity contribution < 1.29 is 24.3 Å². The lowest BCUT2D eigenvalue weighted by Gasteiger charge is -2.19. The average molecular weight is 406 g/mol. The molecule has 0 aromatic heterocycles. The molecule has 0 aliphatic carbocycles. The van der Waals surface area contributed by atoms with Crippen molar-refractivity contribution in [2.24, 2.45) is 0 Å². The molecule has 0 atom stereocenters. The van der Waals surface area contributed by atoms with Gasteiger partial charge in [0.05, 0.1) is 17.6 Å². The Labute approximate surface area is 150 Å². The zero-order valence-corrected chi connectivity index (χ0v) is 14.6. The predicted octanol–water partition coefficient (Wildman–Crippen LogP) is 3.73. The molecule has 0 spiro atoms. The van der Waals surface area contributed by atoms with E-state index in [9.17, 15) is 20.0 Å². The van der Waals surface area contributed by atoms with Gasteiger partial charge >= 0.3 is 5.69 Å². The quantitative estimate of drug-likeness (QED) is 0.474. The van der Waals surface area contributed by atoms with Crippen LogP contribution in [0.5, 0.6) is 17.2 Å². The van der Waals surface area contributed by atoms with E-state index in [2.05, 4.69) is 15.9 Å². The summed E-state index contributed by atoms with van der Waals surface area (Å²) in [5.74, 6) is -0.347. The minimum atomic E-state index is -0.717. The zero-order valence-electron chi connectivity index (χ0n) is 13.0. The number of phenolic OH excluding ortho intramolecular Hbond substituents is 1. The Morgan fingerprint density at radius 3 is 2.80 bits per heavy atom. The maximum atomic E-state index is 12.6. The van der Waals surface area contributed by atoms with E-state index in [1.54, 1.807) is 18.2 Å². The Balaban J connectivity index is 2.05. The third kappa shape index (κ3) is 3.20. The highest BCUT2D eigenvalue weighted by molar-refractivity contribution is 9.10. The summed E-state index contributed by atoms with van der Waals surface area (Å²) in [7, 11) is 1.29. The number of nitro groups is 1.